The number of nitrogens with one attached hydrogen (secondary N) is 1. The van der Waals surface area contributed by atoms with E-state index >= 15 is 0 Å². The van der Waals surface area contributed by atoms with Crippen molar-refractivity contribution in [3.8, 4) is 0 Å². The van der Waals surface area contributed by atoms with Crippen LogP contribution in [-0.2, 0) is 17.8 Å². The summed E-state index contributed by atoms with van der Waals surface area (Å²) in [7, 11) is 0. The average molecular weight is 306 g/mol. The molecule has 0 aliphatic carbocycles. The van der Waals surface area contributed by atoms with Gasteiger partial charge in [-0.2, -0.15) is 0 Å². The van der Waals surface area contributed by atoms with Crippen molar-refractivity contribution in [2.45, 2.75) is 32.0 Å². The summed E-state index contributed by atoms with van der Waals surface area (Å²) in [5, 5.41) is 12.1. The monoisotopic (exact) mass is 306 g/mol. The summed E-state index contributed by atoms with van der Waals surface area (Å²) in [5.41, 5.74) is 0. The van der Waals surface area contributed by atoms with E-state index < -0.39 is 0 Å². The lowest BCUT2D eigenvalue weighted by atomic mass is 10.2. The van der Waals surface area contributed by atoms with Gasteiger partial charge in [0.2, 0.25) is 0 Å². The molecule has 1 aromatic heterocycles. The maximum Gasteiger partial charge on any atom is 0.320 e. The number of ether oxygens (including phenoxy) is 1. The van der Waals surface area contributed by atoms with Crippen molar-refractivity contribution in [1.82, 2.24) is 29.9 Å². The third-order valence-electron chi connectivity index (χ3n) is 4.71. The highest BCUT2D eigenvalue weighted by Gasteiger charge is 2.30. The molecule has 2 fully saturated rings. The van der Waals surface area contributed by atoms with Gasteiger partial charge in [0, 0.05) is 26.2 Å². The molecule has 0 spiro atoms. The number of amides is 2. The fourth-order valence-corrected chi connectivity index (χ4v) is 3.46. The van der Waals surface area contributed by atoms with Crippen LogP contribution in [0, 0.1) is 0 Å². The average Bonchev–Trinajstić information content (AvgIpc) is 3.23. The largest absolute Gasteiger partial charge is 0.378 e. The number of aromatic nitrogens is 3. The molecule has 4 heterocycles. The van der Waals surface area contributed by atoms with Crippen molar-refractivity contribution in [2.75, 3.05) is 39.4 Å². The van der Waals surface area contributed by atoms with Crippen LogP contribution in [-0.4, -0.2) is 70.0 Å². The molecule has 1 N–H and O–H groups in total. The molecule has 4 rings (SSSR count). The van der Waals surface area contributed by atoms with Gasteiger partial charge in [0.05, 0.1) is 25.8 Å². The molecular weight excluding hydrogens is 284 g/mol. The molecule has 120 valence electrons. The third kappa shape index (κ3) is 2.46. The fourth-order valence-electron chi connectivity index (χ4n) is 3.46. The van der Waals surface area contributed by atoms with Crippen LogP contribution in [0.5, 0.6) is 0 Å². The number of hydrogen-bond donors (Lipinski definition) is 1. The van der Waals surface area contributed by atoms with Crippen LogP contribution in [0.15, 0.2) is 0 Å². The van der Waals surface area contributed by atoms with E-state index in [0.717, 1.165) is 37.7 Å². The summed E-state index contributed by atoms with van der Waals surface area (Å²) >= 11 is 0. The zero-order valence-electron chi connectivity index (χ0n) is 12.7. The lowest BCUT2D eigenvalue weighted by molar-refractivity contribution is 0.0407. The first-order chi connectivity index (χ1) is 10.8. The number of carbonyl (C=O) groups excluding carboxylic acids is 1. The van der Waals surface area contributed by atoms with E-state index in [4.69, 9.17) is 4.74 Å². The van der Waals surface area contributed by atoms with Gasteiger partial charge in [-0.25, -0.2) is 4.79 Å². The van der Waals surface area contributed by atoms with Crippen LogP contribution in [0.4, 0.5) is 4.79 Å². The Morgan fingerprint density at radius 1 is 1.14 bits per heavy atom. The molecular formula is C14H22N6O2. The molecule has 1 unspecified atom stereocenters. The molecule has 1 aromatic rings. The molecule has 2 amide bonds. The second kappa shape index (κ2) is 5.85. The van der Waals surface area contributed by atoms with Gasteiger partial charge in [0.1, 0.15) is 5.82 Å². The zero-order chi connectivity index (χ0) is 14.9. The molecule has 3 aliphatic heterocycles. The van der Waals surface area contributed by atoms with Crippen molar-refractivity contribution in [3.05, 3.63) is 11.6 Å². The molecule has 3 aliphatic rings. The summed E-state index contributed by atoms with van der Waals surface area (Å²) in [6.45, 7) is 5.73. The van der Waals surface area contributed by atoms with Crippen LogP contribution in [0.25, 0.3) is 0 Å². The van der Waals surface area contributed by atoms with Crippen LogP contribution >= 0.6 is 0 Å². The second-order valence-corrected chi connectivity index (χ2v) is 6.08. The standard InChI is InChI=1S/C14H22N6O2/c21-14(18-6-8-22-9-7-18)19-4-5-20-12(10-19)16-17-13(20)11-2-1-3-15-11/h11,15H,1-10H2. The Morgan fingerprint density at radius 2 is 2.00 bits per heavy atom. The minimum Gasteiger partial charge on any atom is -0.378 e. The highest BCUT2D eigenvalue weighted by atomic mass is 16.5. The predicted molar refractivity (Wildman–Crippen MR) is 78.2 cm³/mol. The van der Waals surface area contributed by atoms with Gasteiger partial charge in [-0.05, 0) is 19.4 Å². The lowest BCUT2D eigenvalue weighted by Crippen LogP contribution is -2.50. The molecule has 0 bridgehead atoms. The Bertz CT molecular complexity index is 548. The number of morpholine rings is 1. The Kier molecular flexibility index (Phi) is 3.71. The van der Waals surface area contributed by atoms with Gasteiger partial charge in [0.25, 0.3) is 0 Å². The number of hydrogen-bond acceptors (Lipinski definition) is 5. The molecule has 0 saturated carbocycles. The Hall–Kier alpha value is -1.67. The first-order valence-electron chi connectivity index (χ1n) is 8.10. The first-order valence-corrected chi connectivity index (χ1v) is 8.10. The molecule has 8 nitrogen and oxygen atoms in total. The number of fused-ring (bicyclic) bond motifs is 1. The molecule has 8 heteroatoms. The van der Waals surface area contributed by atoms with E-state index in [-0.39, 0.29) is 6.03 Å². The quantitative estimate of drug-likeness (QED) is 0.788. The number of nitrogens with zero attached hydrogens (tertiary/aromatic N) is 5. The van der Waals surface area contributed by atoms with Crippen molar-refractivity contribution in [1.29, 1.82) is 0 Å². The summed E-state index contributed by atoms with van der Waals surface area (Å²) < 4.78 is 7.49. The van der Waals surface area contributed by atoms with Crippen LogP contribution < -0.4 is 5.32 Å². The van der Waals surface area contributed by atoms with Gasteiger partial charge in [-0.3, -0.25) is 0 Å². The van der Waals surface area contributed by atoms with Crippen LogP contribution in [0.3, 0.4) is 0 Å². The van der Waals surface area contributed by atoms with E-state index in [0.29, 0.717) is 38.9 Å². The Balaban J connectivity index is 1.46. The van der Waals surface area contributed by atoms with E-state index in [1.54, 1.807) is 0 Å². The van der Waals surface area contributed by atoms with Gasteiger partial charge < -0.3 is 24.4 Å². The number of urea groups is 1. The summed E-state index contributed by atoms with van der Waals surface area (Å²) in [6.07, 6.45) is 2.31. The van der Waals surface area contributed by atoms with Crippen LogP contribution in [0.1, 0.15) is 30.5 Å². The molecule has 0 aromatic carbocycles. The van der Waals surface area contributed by atoms with Gasteiger partial charge in [-0.1, -0.05) is 0 Å². The molecule has 2 saturated heterocycles. The lowest BCUT2D eigenvalue weighted by Gasteiger charge is -2.35. The zero-order valence-corrected chi connectivity index (χ0v) is 12.7. The smallest absolute Gasteiger partial charge is 0.320 e. The maximum atomic E-state index is 12.6. The van der Waals surface area contributed by atoms with E-state index in [1.807, 2.05) is 9.80 Å². The van der Waals surface area contributed by atoms with Gasteiger partial charge in [-0.15, -0.1) is 10.2 Å². The fraction of sp³-hybridized carbons (Fsp3) is 0.786. The van der Waals surface area contributed by atoms with Crippen molar-refractivity contribution in [2.24, 2.45) is 0 Å². The van der Waals surface area contributed by atoms with Gasteiger partial charge >= 0.3 is 6.03 Å². The Labute approximate surface area is 129 Å². The van der Waals surface area contributed by atoms with Crippen molar-refractivity contribution >= 4 is 6.03 Å². The van der Waals surface area contributed by atoms with Crippen molar-refractivity contribution < 1.29 is 9.53 Å². The maximum absolute atomic E-state index is 12.6. The highest BCUT2D eigenvalue weighted by molar-refractivity contribution is 5.74. The van der Waals surface area contributed by atoms with Gasteiger partial charge in [0.15, 0.2) is 5.82 Å². The van der Waals surface area contributed by atoms with E-state index in [9.17, 15) is 4.79 Å². The minimum atomic E-state index is 0.0955. The molecule has 22 heavy (non-hydrogen) atoms. The summed E-state index contributed by atoms with van der Waals surface area (Å²) in [6, 6.07) is 0.417. The summed E-state index contributed by atoms with van der Waals surface area (Å²) in [5.74, 6) is 1.93. The first kappa shape index (κ1) is 14.0. The third-order valence-corrected chi connectivity index (χ3v) is 4.71. The van der Waals surface area contributed by atoms with E-state index in [1.165, 1.54) is 6.42 Å². The predicted octanol–water partition coefficient (Wildman–Crippen LogP) is -0.0296. The number of rotatable bonds is 1. The topological polar surface area (TPSA) is 75.5 Å². The second-order valence-electron chi connectivity index (χ2n) is 6.08. The highest BCUT2D eigenvalue weighted by Crippen LogP contribution is 2.24. The van der Waals surface area contributed by atoms with Crippen molar-refractivity contribution in [3.63, 3.8) is 0 Å². The summed E-state index contributed by atoms with van der Waals surface area (Å²) in [4.78, 5) is 16.3. The Morgan fingerprint density at radius 3 is 2.77 bits per heavy atom. The van der Waals surface area contributed by atoms with Crippen LogP contribution in [0.2, 0.25) is 0 Å². The molecule has 0 radical (unpaired) electrons. The number of carbonyl (C=O) groups is 1. The molecule has 1 atom stereocenters. The minimum absolute atomic E-state index is 0.0955. The SMILES string of the molecule is O=C(N1CCOCC1)N1CCn2c(nnc2C2CCCN2)C1. The normalized spacial score (nSPS) is 25.4. The van der Waals surface area contributed by atoms with E-state index in [2.05, 4.69) is 20.1 Å².